The Morgan fingerprint density at radius 1 is 1.24 bits per heavy atom. The van der Waals surface area contributed by atoms with E-state index in [0.717, 1.165) is 5.69 Å². The lowest BCUT2D eigenvalue weighted by Crippen LogP contribution is -2.34. The molecule has 34 heavy (non-hydrogen) atoms. The molecule has 8 nitrogen and oxygen atoms in total. The normalized spacial score (nSPS) is 19.7. The van der Waals surface area contributed by atoms with Gasteiger partial charge in [0.25, 0.3) is 0 Å². The van der Waals surface area contributed by atoms with Gasteiger partial charge >= 0.3 is 0 Å². The number of halogens is 2. The van der Waals surface area contributed by atoms with Crippen LogP contribution in [0.25, 0.3) is 0 Å². The largest absolute Gasteiger partial charge is 0.491 e. The van der Waals surface area contributed by atoms with E-state index in [9.17, 15) is 4.79 Å². The Hall–Kier alpha value is -2.78. The molecule has 1 saturated heterocycles. The van der Waals surface area contributed by atoms with Gasteiger partial charge in [-0.1, -0.05) is 29.3 Å². The number of nitrogens with zero attached hydrogens (tertiary/aromatic N) is 2. The maximum atomic E-state index is 10.9. The molecule has 2 heterocycles. The van der Waals surface area contributed by atoms with Crippen LogP contribution in [0.3, 0.4) is 0 Å². The van der Waals surface area contributed by atoms with Crippen LogP contribution in [0.15, 0.2) is 61.2 Å². The molecule has 1 aromatic heterocycles. The molecule has 1 aliphatic rings. The highest BCUT2D eigenvalue weighted by Gasteiger charge is 2.45. The summed E-state index contributed by atoms with van der Waals surface area (Å²) in [5, 5.41) is 6.99. The molecule has 4 rings (SSSR count). The second-order valence-electron chi connectivity index (χ2n) is 7.91. The number of imidazole rings is 1. The molecule has 0 spiro atoms. The Bertz CT molecular complexity index is 1090. The summed E-state index contributed by atoms with van der Waals surface area (Å²) >= 11 is 12.6. The Balaban J connectivity index is 1.37. The van der Waals surface area contributed by atoms with Crippen LogP contribution in [0.5, 0.6) is 5.75 Å². The van der Waals surface area contributed by atoms with Gasteiger partial charge in [0, 0.05) is 48.7 Å². The van der Waals surface area contributed by atoms with E-state index < -0.39 is 5.79 Å². The minimum absolute atomic E-state index is 0.0453. The van der Waals surface area contributed by atoms with Crippen molar-refractivity contribution in [1.82, 2.24) is 14.9 Å². The summed E-state index contributed by atoms with van der Waals surface area (Å²) in [6.45, 7) is 3.73. The third-order valence-corrected chi connectivity index (χ3v) is 5.82. The van der Waals surface area contributed by atoms with E-state index in [0.29, 0.717) is 54.2 Å². The fourth-order valence-electron chi connectivity index (χ4n) is 3.68. The summed E-state index contributed by atoms with van der Waals surface area (Å²) in [5.41, 5.74) is 1.64. The average Bonchev–Trinajstić information content (AvgIpc) is 3.47. The fraction of sp³-hybridized carbons (Fsp3) is 0.333. The van der Waals surface area contributed by atoms with Crippen molar-refractivity contribution in [2.75, 3.05) is 31.6 Å². The summed E-state index contributed by atoms with van der Waals surface area (Å²) in [6.07, 6.45) is 4.94. The van der Waals surface area contributed by atoms with E-state index in [4.69, 9.17) is 37.4 Å². The van der Waals surface area contributed by atoms with E-state index >= 15 is 0 Å². The highest BCUT2D eigenvalue weighted by Crippen LogP contribution is 2.40. The Kier molecular flexibility index (Phi) is 7.95. The van der Waals surface area contributed by atoms with Crippen molar-refractivity contribution in [3.63, 3.8) is 0 Å². The zero-order valence-corrected chi connectivity index (χ0v) is 20.2. The van der Waals surface area contributed by atoms with Crippen molar-refractivity contribution in [3.05, 3.63) is 76.8 Å². The molecule has 0 aliphatic carbocycles. The maximum Gasteiger partial charge on any atom is 0.216 e. The average molecular weight is 505 g/mol. The molecule has 0 unspecified atom stereocenters. The molecule has 1 aliphatic heterocycles. The topological polar surface area (TPSA) is 86.6 Å². The number of ether oxygens (including phenoxy) is 3. The highest BCUT2D eigenvalue weighted by atomic mass is 35.5. The van der Waals surface area contributed by atoms with Crippen molar-refractivity contribution in [3.8, 4) is 5.75 Å². The monoisotopic (exact) mass is 504 g/mol. The quantitative estimate of drug-likeness (QED) is 0.404. The minimum Gasteiger partial charge on any atom is -0.491 e. The number of nitrogens with one attached hydrogen (secondary N) is 2. The number of rotatable bonds is 10. The molecule has 0 bridgehead atoms. The van der Waals surface area contributed by atoms with Gasteiger partial charge in [0.2, 0.25) is 11.7 Å². The van der Waals surface area contributed by atoms with Gasteiger partial charge < -0.3 is 29.4 Å². The Morgan fingerprint density at radius 2 is 2.06 bits per heavy atom. The van der Waals surface area contributed by atoms with Crippen LogP contribution in [0.1, 0.15) is 12.5 Å². The van der Waals surface area contributed by atoms with Crippen LogP contribution in [0.4, 0.5) is 5.69 Å². The van der Waals surface area contributed by atoms with Gasteiger partial charge in [-0.2, -0.15) is 0 Å². The van der Waals surface area contributed by atoms with Crippen LogP contribution in [-0.4, -0.2) is 47.9 Å². The van der Waals surface area contributed by atoms with E-state index in [1.807, 2.05) is 41.1 Å². The van der Waals surface area contributed by atoms with E-state index in [1.165, 1.54) is 6.92 Å². The van der Waals surface area contributed by atoms with Gasteiger partial charge in [0.05, 0.1) is 24.5 Å². The first-order valence-electron chi connectivity index (χ1n) is 10.9. The van der Waals surface area contributed by atoms with Crippen LogP contribution in [-0.2, 0) is 26.6 Å². The SMILES string of the molecule is CC(=O)NCCNc1ccc(OC[C@@H]2CO[C@@](Cn3ccnc3)(c3ccc(Cl)cc3Cl)O2)cc1. The number of carbonyl (C=O) groups is 1. The molecular weight excluding hydrogens is 479 g/mol. The summed E-state index contributed by atoms with van der Waals surface area (Å²) in [4.78, 5) is 15.0. The number of aromatic nitrogens is 2. The van der Waals surface area contributed by atoms with E-state index in [1.54, 1.807) is 24.7 Å². The molecule has 2 N–H and O–H groups in total. The number of anilines is 1. The molecule has 1 fully saturated rings. The molecule has 0 saturated carbocycles. The van der Waals surface area contributed by atoms with E-state index in [-0.39, 0.29) is 12.0 Å². The summed E-state index contributed by atoms with van der Waals surface area (Å²) < 4.78 is 20.4. The van der Waals surface area contributed by atoms with Gasteiger partial charge in [0.1, 0.15) is 18.5 Å². The number of benzene rings is 2. The lowest BCUT2D eigenvalue weighted by Gasteiger charge is -2.30. The standard InChI is InChI=1S/C24H26Cl2N4O4/c1-17(31)28-8-9-29-19-3-5-20(6-4-19)32-13-21-14-33-24(34-21,15-30-11-10-27-16-30)22-7-2-18(25)12-23(22)26/h2-7,10-12,16,21,29H,8-9,13-15H2,1H3,(H,28,31)/t21-,24-/m1/s1. The number of carbonyl (C=O) groups excluding carboxylic acids is 1. The van der Waals surface area contributed by atoms with Crippen LogP contribution < -0.4 is 15.4 Å². The molecular formula is C24H26Cl2N4O4. The smallest absolute Gasteiger partial charge is 0.216 e. The first kappa shape index (κ1) is 24.3. The fourth-order valence-corrected chi connectivity index (χ4v) is 4.23. The molecule has 2 aromatic carbocycles. The Labute approximate surface area is 208 Å². The molecule has 180 valence electrons. The lowest BCUT2D eigenvalue weighted by molar-refractivity contribution is -0.189. The van der Waals surface area contributed by atoms with Crippen LogP contribution in [0, 0.1) is 0 Å². The zero-order chi connectivity index (χ0) is 24.0. The predicted octanol–water partition coefficient (Wildman–Crippen LogP) is 4.09. The van der Waals surface area contributed by atoms with Crippen LogP contribution >= 0.6 is 23.2 Å². The maximum absolute atomic E-state index is 10.9. The van der Waals surface area contributed by atoms with Gasteiger partial charge in [-0.25, -0.2) is 4.98 Å². The van der Waals surface area contributed by atoms with Gasteiger partial charge in [-0.3, -0.25) is 4.79 Å². The highest BCUT2D eigenvalue weighted by molar-refractivity contribution is 6.35. The molecule has 0 radical (unpaired) electrons. The molecule has 2 atom stereocenters. The van der Waals surface area contributed by atoms with Gasteiger partial charge in [-0.05, 0) is 36.4 Å². The summed E-state index contributed by atoms with van der Waals surface area (Å²) in [6, 6.07) is 12.9. The van der Waals surface area contributed by atoms with Crippen molar-refractivity contribution in [2.24, 2.45) is 0 Å². The molecule has 3 aromatic rings. The molecule has 1 amide bonds. The predicted molar refractivity (Wildman–Crippen MR) is 130 cm³/mol. The second kappa shape index (κ2) is 11.1. The summed E-state index contributed by atoms with van der Waals surface area (Å²) in [5.74, 6) is -0.415. The third-order valence-electron chi connectivity index (χ3n) is 5.27. The minimum atomic E-state index is -1.09. The van der Waals surface area contributed by atoms with Crippen LogP contribution in [0.2, 0.25) is 10.0 Å². The van der Waals surface area contributed by atoms with E-state index in [2.05, 4.69) is 15.6 Å². The summed E-state index contributed by atoms with van der Waals surface area (Å²) in [7, 11) is 0. The number of amides is 1. The second-order valence-corrected chi connectivity index (χ2v) is 8.75. The number of hydrogen-bond acceptors (Lipinski definition) is 6. The van der Waals surface area contributed by atoms with Crippen molar-refractivity contribution >= 4 is 34.8 Å². The van der Waals surface area contributed by atoms with Crippen molar-refractivity contribution in [2.45, 2.75) is 25.4 Å². The first-order valence-corrected chi connectivity index (χ1v) is 11.6. The molecule has 10 heteroatoms. The third kappa shape index (κ3) is 6.21. The van der Waals surface area contributed by atoms with Gasteiger partial charge in [0.15, 0.2) is 0 Å². The van der Waals surface area contributed by atoms with Crippen molar-refractivity contribution in [1.29, 1.82) is 0 Å². The van der Waals surface area contributed by atoms with Crippen molar-refractivity contribution < 1.29 is 19.0 Å². The zero-order valence-electron chi connectivity index (χ0n) is 18.7. The van der Waals surface area contributed by atoms with Gasteiger partial charge in [-0.15, -0.1) is 0 Å². The lowest BCUT2D eigenvalue weighted by atomic mass is 10.1. The Morgan fingerprint density at radius 3 is 2.76 bits per heavy atom. The number of hydrogen-bond donors (Lipinski definition) is 2. The first-order chi connectivity index (χ1) is 16.4.